The Morgan fingerprint density at radius 3 is 2.71 bits per heavy atom. The first-order valence-corrected chi connectivity index (χ1v) is 9.11. The Kier molecular flexibility index (Phi) is 5.06. The third-order valence-corrected chi connectivity index (χ3v) is 7.11. The number of unbranched alkanes of at least 4 members (excludes halogenated alkanes) is 2. The van der Waals surface area contributed by atoms with Gasteiger partial charge in [-0.3, -0.25) is 0 Å². The van der Waals surface area contributed by atoms with Gasteiger partial charge in [-0.05, 0) is 24.3 Å². The van der Waals surface area contributed by atoms with Crippen LogP contribution in [0.15, 0.2) is 5.38 Å². The summed E-state index contributed by atoms with van der Waals surface area (Å²) in [5.41, 5.74) is 7.00. The number of hydrogen-bond donors (Lipinski definition) is 1. The molecule has 0 radical (unpaired) electrons. The van der Waals surface area contributed by atoms with E-state index in [4.69, 9.17) is 5.73 Å². The maximum atomic E-state index is 5.79. The van der Waals surface area contributed by atoms with Crippen molar-refractivity contribution in [1.29, 1.82) is 0 Å². The van der Waals surface area contributed by atoms with E-state index < -0.39 is 0 Å². The molecule has 1 aliphatic heterocycles. The number of thiazole rings is 1. The highest BCUT2D eigenvalue weighted by atomic mass is 32.2. The molecule has 0 aromatic carbocycles. The van der Waals surface area contributed by atoms with E-state index in [9.17, 15) is 0 Å². The molecule has 0 saturated carbocycles. The molecular formula is C12H20N2S3. The predicted molar refractivity (Wildman–Crippen MR) is 81.9 cm³/mol. The lowest BCUT2D eigenvalue weighted by atomic mass is 10.1. The predicted octanol–water partition coefficient (Wildman–Crippen LogP) is 4.33. The summed E-state index contributed by atoms with van der Waals surface area (Å²) >= 11 is 5.73. The normalized spacial score (nSPS) is 19.4. The third-order valence-electron chi connectivity index (χ3n) is 2.98. The summed E-state index contributed by atoms with van der Waals surface area (Å²) in [5, 5.41) is 2.87. The summed E-state index contributed by atoms with van der Waals surface area (Å²) in [5.74, 6) is 2.52. The highest BCUT2D eigenvalue weighted by Gasteiger charge is 2.37. The molecule has 1 aromatic heterocycles. The fourth-order valence-electron chi connectivity index (χ4n) is 2.07. The molecule has 1 aromatic rings. The summed E-state index contributed by atoms with van der Waals surface area (Å²) in [6, 6.07) is 0. The zero-order valence-corrected chi connectivity index (χ0v) is 12.7. The molecule has 0 amide bonds. The average molecular weight is 289 g/mol. The van der Waals surface area contributed by atoms with Gasteiger partial charge in [0.2, 0.25) is 0 Å². The van der Waals surface area contributed by atoms with Gasteiger partial charge in [-0.2, -0.15) is 0 Å². The third kappa shape index (κ3) is 3.32. The van der Waals surface area contributed by atoms with Crippen molar-refractivity contribution in [2.24, 2.45) is 0 Å². The molecule has 1 saturated heterocycles. The molecule has 1 aliphatic rings. The lowest BCUT2D eigenvalue weighted by Crippen LogP contribution is -2.23. The maximum absolute atomic E-state index is 5.79. The van der Waals surface area contributed by atoms with Crippen molar-refractivity contribution in [3.8, 4) is 0 Å². The number of anilines is 1. The van der Waals surface area contributed by atoms with Gasteiger partial charge in [0.1, 0.15) is 4.08 Å². The van der Waals surface area contributed by atoms with Gasteiger partial charge in [-0.25, -0.2) is 4.98 Å². The van der Waals surface area contributed by atoms with E-state index in [0.717, 1.165) is 0 Å². The zero-order valence-electron chi connectivity index (χ0n) is 10.3. The van der Waals surface area contributed by atoms with Crippen LogP contribution in [-0.2, 0) is 4.08 Å². The van der Waals surface area contributed by atoms with E-state index in [1.165, 1.54) is 49.3 Å². The average Bonchev–Trinajstić information content (AvgIpc) is 2.78. The van der Waals surface area contributed by atoms with E-state index >= 15 is 0 Å². The highest BCUT2D eigenvalue weighted by Crippen LogP contribution is 2.53. The first-order valence-electron chi connectivity index (χ1n) is 6.26. The number of nitrogen functional groups attached to an aromatic ring is 1. The van der Waals surface area contributed by atoms with Crippen molar-refractivity contribution in [1.82, 2.24) is 4.98 Å². The molecule has 2 heterocycles. The van der Waals surface area contributed by atoms with E-state index in [2.05, 4.69) is 40.8 Å². The quantitative estimate of drug-likeness (QED) is 0.819. The first kappa shape index (κ1) is 13.6. The van der Waals surface area contributed by atoms with E-state index in [-0.39, 0.29) is 4.08 Å². The molecule has 0 aliphatic carbocycles. The Balaban J connectivity index is 2.11. The van der Waals surface area contributed by atoms with Gasteiger partial charge >= 0.3 is 0 Å². The number of rotatable bonds is 5. The largest absolute Gasteiger partial charge is 0.375 e. The molecule has 2 N–H and O–H groups in total. The topological polar surface area (TPSA) is 38.9 Å². The Bertz CT molecular complexity index is 345. The number of thioether (sulfide) groups is 2. The van der Waals surface area contributed by atoms with E-state index in [1.54, 1.807) is 11.3 Å². The number of nitrogens with zero attached hydrogens (tertiary/aromatic N) is 1. The number of hydrogen-bond acceptors (Lipinski definition) is 5. The second-order valence-electron chi connectivity index (χ2n) is 4.33. The Morgan fingerprint density at radius 2 is 2.12 bits per heavy atom. The van der Waals surface area contributed by atoms with Crippen LogP contribution < -0.4 is 5.73 Å². The van der Waals surface area contributed by atoms with Gasteiger partial charge in [-0.1, -0.05) is 26.2 Å². The lowest BCUT2D eigenvalue weighted by Gasteiger charge is -2.34. The van der Waals surface area contributed by atoms with Crippen LogP contribution in [0, 0.1) is 0 Å². The maximum Gasteiger partial charge on any atom is 0.180 e. The van der Waals surface area contributed by atoms with Crippen molar-refractivity contribution in [3.63, 3.8) is 0 Å². The SMILES string of the molecule is CCCCCC1(c2csc(N)n2)SCCCS1. The van der Waals surface area contributed by atoms with Crippen LogP contribution in [-0.4, -0.2) is 16.5 Å². The molecule has 17 heavy (non-hydrogen) atoms. The molecule has 0 atom stereocenters. The highest BCUT2D eigenvalue weighted by molar-refractivity contribution is 8.18. The zero-order chi connectivity index (χ0) is 12.1. The fraction of sp³-hybridized carbons (Fsp3) is 0.750. The molecule has 0 spiro atoms. The lowest BCUT2D eigenvalue weighted by molar-refractivity contribution is 0.628. The second kappa shape index (κ2) is 6.34. The molecule has 2 rings (SSSR count). The van der Waals surface area contributed by atoms with Crippen molar-refractivity contribution in [2.75, 3.05) is 17.2 Å². The summed E-state index contributed by atoms with van der Waals surface area (Å²) in [6.45, 7) is 2.26. The van der Waals surface area contributed by atoms with Gasteiger partial charge in [0.25, 0.3) is 0 Å². The minimum Gasteiger partial charge on any atom is -0.375 e. The molecule has 0 bridgehead atoms. The van der Waals surface area contributed by atoms with Crippen molar-refractivity contribution < 1.29 is 0 Å². The number of nitrogens with two attached hydrogens (primary N) is 1. The minimum atomic E-state index is 0.196. The monoisotopic (exact) mass is 288 g/mol. The van der Waals surface area contributed by atoms with Crippen LogP contribution in [0.1, 0.15) is 44.7 Å². The van der Waals surface area contributed by atoms with Crippen LogP contribution >= 0.6 is 34.9 Å². The molecule has 5 heteroatoms. The van der Waals surface area contributed by atoms with Crippen molar-refractivity contribution >= 4 is 40.0 Å². The van der Waals surface area contributed by atoms with E-state index in [0.29, 0.717) is 5.13 Å². The summed E-state index contributed by atoms with van der Waals surface area (Å²) in [7, 11) is 0. The molecular weight excluding hydrogens is 268 g/mol. The molecule has 2 nitrogen and oxygen atoms in total. The summed E-state index contributed by atoms with van der Waals surface area (Å²) < 4.78 is 0.196. The minimum absolute atomic E-state index is 0.196. The number of aromatic nitrogens is 1. The van der Waals surface area contributed by atoms with Crippen molar-refractivity contribution in [3.05, 3.63) is 11.1 Å². The molecule has 0 unspecified atom stereocenters. The Labute approximate surface area is 116 Å². The summed E-state index contributed by atoms with van der Waals surface area (Å²) in [6.07, 6.45) is 6.46. The molecule has 1 fully saturated rings. The van der Waals surface area contributed by atoms with Gasteiger partial charge < -0.3 is 5.73 Å². The van der Waals surface area contributed by atoms with Crippen molar-refractivity contribution in [2.45, 2.75) is 43.1 Å². The van der Waals surface area contributed by atoms with Gasteiger partial charge in [-0.15, -0.1) is 34.9 Å². The smallest absolute Gasteiger partial charge is 0.180 e. The van der Waals surface area contributed by atoms with Crippen LogP contribution in [0.4, 0.5) is 5.13 Å². The van der Waals surface area contributed by atoms with Crippen LogP contribution in [0.3, 0.4) is 0 Å². The first-order chi connectivity index (χ1) is 8.27. The summed E-state index contributed by atoms with van der Waals surface area (Å²) in [4.78, 5) is 4.54. The standard InChI is InChI=1S/C12H20N2S3/c1-2-3-4-6-12(16-7-5-8-17-12)10-9-15-11(13)14-10/h9H,2-8H2,1H3,(H2,13,14). The van der Waals surface area contributed by atoms with Crippen LogP contribution in [0.2, 0.25) is 0 Å². The van der Waals surface area contributed by atoms with Crippen LogP contribution in [0.25, 0.3) is 0 Å². The Morgan fingerprint density at radius 1 is 1.35 bits per heavy atom. The molecule has 96 valence electrons. The van der Waals surface area contributed by atoms with E-state index in [1.807, 2.05) is 0 Å². The van der Waals surface area contributed by atoms with Gasteiger partial charge in [0.15, 0.2) is 5.13 Å². The second-order valence-corrected chi connectivity index (χ2v) is 8.27. The van der Waals surface area contributed by atoms with Crippen LogP contribution in [0.5, 0.6) is 0 Å². The fourth-order valence-corrected chi connectivity index (χ4v) is 6.19. The Hall–Kier alpha value is 0.130. The van der Waals surface area contributed by atoms with Gasteiger partial charge in [0, 0.05) is 5.38 Å². The van der Waals surface area contributed by atoms with Gasteiger partial charge in [0.05, 0.1) is 5.69 Å².